The van der Waals surface area contributed by atoms with Crippen LogP contribution in [0.1, 0.15) is 6.42 Å². The number of ether oxygens (including phenoxy) is 1. The van der Waals surface area contributed by atoms with Gasteiger partial charge in [0.05, 0.1) is 5.69 Å². The number of carbonyl (C=O) groups is 1. The highest BCUT2D eigenvalue weighted by Gasteiger charge is 2.30. The predicted octanol–water partition coefficient (Wildman–Crippen LogP) is 2.18. The average Bonchev–Trinajstić information content (AvgIpc) is 2.63. The van der Waals surface area contributed by atoms with Gasteiger partial charge in [-0.1, -0.05) is 0 Å². The van der Waals surface area contributed by atoms with Crippen molar-refractivity contribution in [1.29, 1.82) is 0 Å². The SMILES string of the molecule is O=CC1Oc2ccc(F)cc2N1CCCCl. The molecule has 5 heteroatoms. The van der Waals surface area contributed by atoms with E-state index >= 15 is 0 Å². The van der Waals surface area contributed by atoms with Gasteiger partial charge in [0.1, 0.15) is 11.6 Å². The van der Waals surface area contributed by atoms with E-state index in [2.05, 4.69) is 0 Å². The number of anilines is 1. The summed E-state index contributed by atoms with van der Waals surface area (Å²) in [6.07, 6.45) is 0.747. The first-order valence-electron chi connectivity index (χ1n) is 5.00. The molecule has 0 aromatic heterocycles. The Hall–Kier alpha value is -1.29. The molecule has 1 aromatic carbocycles. The molecule has 0 N–H and O–H groups in total. The minimum Gasteiger partial charge on any atom is -0.461 e. The summed E-state index contributed by atoms with van der Waals surface area (Å²) >= 11 is 5.60. The topological polar surface area (TPSA) is 29.5 Å². The third-order valence-electron chi connectivity index (χ3n) is 2.43. The molecule has 0 saturated heterocycles. The molecule has 1 aliphatic rings. The molecular formula is C11H11ClFNO2. The fraction of sp³-hybridized carbons (Fsp3) is 0.364. The van der Waals surface area contributed by atoms with Crippen LogP contribution in [0.3, 0.4) is 0 Å². The Morgan fingerprint density at radius 2 is 2.38 bits per heavy atom. The Morgan fingerprint density at radius 1 is 1.56 bits per heavy atom. The fourth-order valence-corrected chi connectivity index (χ4v) is 1.84. The lowest BCUT2D eigenvalue weighted by Crippen LogP contribution is -2.36. The summed E-state index contributed by atoms with van der Waals surface area (Å²) < 4.78 is 18.5. The first kappa shape index (κ1) is 11.2. The second kappa shape index (κ2) is 4.70. The quantitative estimate of drug-likeness (QED) is 0.600. The molecule has 0 spiro atoms. The number of nitrogens with zero attached hydrogens (tertiary/aromatic N) is 1. The van der Waals surface area contributed by atoms with Crippen molar-refractivity contribution in [2.24, 2.45) is 0 Å². The molecule has 1 heterocycles. The standard InChI is InChI=1S/C11H11ClFNO2/c12-4-1-5-14-9-6-8(13)2-3-10(9)16-11(14)7-15/h2-3,6-7,11H,1,4-5H2. The zero-order valence-electron chi connectivity index (χ0n) is 8.53. The van der Waals surface area contributed by atoms with Gasteiger partial charge < -0.3 is 9.64 Å². The van der Waals surface area contributed by atoms with E-state index in [4.69, 9.17) is 16.3 Å². The molecule has 0 aliphatic carbocycles. The number of benzene rings is 1. The lowest BCUT2D eigenvalue weighted by atomic mass is 10.2. The molecule has 16 heavy (non-hydrogen) atoms. The monoisotopic (exact) mass is 243 g/mol. The molecule has 0 fully saturated rings. The summed E-state index contributed by atoms with van der Waals surface area (Å²) in [7, 11) is 0. The zero-order chi connectivity index (χ0) is 11.5. The summed E-state index contributed by atoms with van der Waals surface area (Å²) in [4.78, 5) is 12.6. The third kappa shape index (κ3) is 1.97. The minimum atomic E-state index is -0.667. The molecule has 3 nitrogen and oxygen atoms in total. The lowest BCUT2D eigenvalue weighted by Gasteiger charge is -2.20. The summed E-state index contributed by atoms with van der Waals surface area (Å²) in [5.74, 6) is 0.685. The Labute approximate surface area is 97.8 Å². The molecule has 0 bridgehead atoms. The van der Waals surface area contributed by atoms with Crippen molar-refractivity contribution in [2.75, 3.05) is 17.3 Å². The van der Waals surface area contributed by atoms with Gasteiger partial charge in [-0.25, -0.2) is 4.39 Å². The molecule has 1 aliphatic heterocycles. The summed E-state index contributed by atoms with van der Waals surface area (Å²) in [5, 5.41) is 0. The third-order valence-corrected chi connectivity index (χ3v) is 2.70. The Bertz CT molecular complexity index is 400. The van der Waals surface area contributed by atoms with Gasteiger partial charge in [0.25, 0.3) is 0 Å². The Morgan fingerprint density at radius 3 is 3.06 bits per heavy atom. The van der Waals surface area contributed by atoms with E-state index in [0.29, 0.717) is 36.6 Å². The highest BCUT2D eigenvalue weighted by Crippen LogP contribution is 2.36. The van der Waals surface area contributed by atoms with Gasteiger partial charge in [0.2, 0.25) is 6.23 Å². The van der Waals surface area contributed by atoms with E-state index < -0.39 is 6.23 Å². The highest BCUT2D eigenvalue weighted by molar-refractivity contribution is 6.17. The number of hydrogen-bond acceptors (Lipinski definition) is 3. The highest BCUT2D eigenvalue weighted by atomic mass is 35.5. The molecule has 0 radical (unpaired) electrons. The van der Waals surface area contributed by atoms with Gasteiger partial charge in [-0.3, -0.25) is 4.79 Å². The van der Waals surface area contributed by atoms with Crippen LogP contribution in [0.15, 0.2) is 18.2 Å². The molecule has 1 atom stereocenters. The van der Waals surface area contributed by atoms with Gasteiger partial charge >= 0.3 is 0 Å². The first-order valence-corrected chi connectivity index (χ1v) is 5.54. The second-order valence-corrected chi connectivity index (χ2v) is 3.87. The van der Waals surface area contributed by atoms with Crippen molar-refractivity contribution in [3.8, 4) is 5.75 Å². The maximum Gasteiger partial charge on any atom is 0.229 e. The Balaban J connectivity index is 2.27. The maximum absolute atomic E-state index is 13.1. The molecule has 86 valence electrons. The average molecular weight is 244 g/mol. The van der Waals surface area contributed by atoms with Crippen molar-refractivity contribution >= 4 is 23.6 Å². The predicted molar refractivity (Wildman–Crippen MR) is 59.6 cm³/mol. The van der Waals surface area contributed by atoms with Crippen molar-refractivity contribution in [2.45, 2.75) is 12.6 Å². The fourth-order valence-electron chi connectivity index (χ4n) is 1.72. The smallest absolute Gasteiger partial charge is 0.229 e. The Kier molecular flexibility index (Phi) is 3.29. The molecule has 0 amide bonds. The van der Waals surface area contributed by atoms with Crippen molar-refractivity contribution in [3.05, 3.63) is 24.0 Å². The van der Waals surface area contributed by atoms with Crippen LogP contribution in [-0.4, -0.2) is 24.9 Å². The molecule has 1 unspecified atom stereocenters. The van der Waals surface area contributed by atoms with Crippen LogP contribution >= 0.6 is 11.6 Å². The largest absolute Gasteiger partial charge is 0.461 e. The van der Waals surface area contributed by atoms with E-state index in [1.165, 1.54) is 18.2 Å². The van der Waals surface area contributed by atoms with Crippen LogP contribution in [0.5, 0.6) is 5.75 Å². The number of carbonyl (C=O) groups excluding carboxylic acids is 1. The van der Waals surface area contributed by atoms with Gasteiger partial charge in [-0.05, 0) is 18.6 Å². The van der Waals surface area contributed by atoms with Crippen LogP contribution in [0.2, 0.25) is 0 Å². The van der Waals surface area contributed by atoms with Crippen molar-refractivity contribution in [3.63, 3.8) is 0 Å². The lowest BCUT2D eigenvalue weighted by molar-refractivity contribution is -0.113. The maximum atomic E-state index is 13.1. The minimum absolute atomic E-state index is 0.343. The van der Waals surface area contributed by atoms with E-state index in [9.17, 15) is 9.18 Å². The normalized spacial score (nSPS) is 18.1. The first-order chi connectivity index (χ1) is 7.76. The zero-order valence-corrected chi connectivity index (χ0v) is 9.28. The molecule has 0 saturated carbocycles. The second-order valence-electron chi connectivity index (χ2n) is 3.49. The number of aldehydes is 1. The van der Waals surface area contributed by atoms with E-state index in [1.807, 2.05) is 0 Å². The molecular weight excluding hydrogens is 233 g/mol. The van der Waals surface area contributed by atoms with E-state index in [-0.39, 0.29) is 5.82 Å². The van der Waals surface area contributed by atoms with Gasteiger partial charge in [-0.15, -0.1) is 11.6 Å². The number of halogens is 2. The van der Waals surface area contributed by atoms with E-state index in [0.717, 1.165) is 0 Å². The number of hydrogen-bond donors (Lipinski definition) is 0. The van der Waals surface area contributed by atoms with Crippen LogP contribution in [0, 0.1) is 5.82 Å². The number of rotatable bonds is 4. The van der Waals surface area contributed by atoms with E-state index in [1.54, 1.807) is 4.90 Å². The van der Waals surface area contributed by atoms with Crippen LogP contribution < -0.4 is 9.64 Å². The summed E-state index contributed by atoms with van der Waals surface area (Å²) in [6, 6.07) is 4.21. The van der Waals surface area contributed by atoms with Gasteiger partial charge in [-0.2, -0.15) is 0 Å². The summed E-state index contributed by atoms with van der Waals surface area (Å²) in [5.41, 5.74) is 0.613. The van der Waals surface area contributed by atoms with Crippen LogP contribution in [0.4, 0.5) is 10.1 Å². The van der Waals surface area contributed by atoms with Crippen molar-refractivity contribution < 1.29 is 13.9 Å². The number of alkyl halides is 1. The van der Waals surface area contributed by atoms with Gasteiger partial charge in [0, 0.05) is 18.5 Å². The van der Waals surface area contributed by atoms with Crippen LogP contribution in [0.25, 0.3) is 0 Å². The van der Waals surface area contributed by atoms with Crippen molar-refractivity contribution in [1.82, 2.24) is 0 Å². The molecule has 2 rings (SSSR count). The summed E-state index contributed by atoms with van der Waals surface area (Å²) in [6.45, 7) is 0.573. The van der Waals surface area contributed by atoms with Crippen LogP contribution in [-0.2, 0) is 4.79 Å². The van der Waals surface area contributed by atoms with Gasteiger partial charge in [0.15, 0.2) is 6.29 Å². The number of fused-ring (bicyclic) bond motifs is 1. The molecule has 1 aromatic rings.